The molecule has 0 saturated carbocycles. The summed E-state index contributed by atoms with van der Waals surface area (Å²) >= 11 is 0. The summed E-state index contributed by atoms with van der Waals surface area (Å²) in [5.41, 5.74) is 5.06. The number of fused-ring (bicyclic) bond motifs is 3. The summed E-state index contributed by atoms with van der Waals surface area (Å²) in [6.45, 7) is 5.26. The van der Waals surface area contributed by atoms with Crippen molar-refractivity contribution in [2.75, 3.05) is 17.2 Å². The molecule has 34 heavy (non-hydrogen) atoms. The highest BCUT2D eigenvalue weighted by Gasteiger charge is 2.47. The zero-order valence-electron chi connectivity index (χ0n) is 18.9. The minimum atomic E-state index is -0.550. The van der Waals surface area contributed by atoms with E-state index >= 15 is 0 Å². The van der Waals surface area contributed by atoms with Crippen LogP contribution in [-0.2, 0) is 23.2 Å². The number of carbonyl (C=O) groups excluding carboxylic acids is 1. The minimum absolute atomic E-state index is 0.00831. The van der Waals surface area contributed by atoms with Gasteiger partial charge in [-0.1, -0.05) is 12.1 Å². The van der Waals surface area contributed by atoms with Gasteiger partial charge in [0.2, 0.25) is 5.91 Å². The van der Waals surface area contributed by atoms with Crippen LogP contribution in [0.5, 0.6) is 0 Å². The third-order valence-electron chi connectivity index (χ3n) is 6.88. The number of amidine groups is 1. The van der Waals surface area contributed by atoms with Gasteiger partial charge in [0.05, 0.1) is 36.3 Å². The van der Waals surface area contributed by atoms with E-state index in [9.17, 15) is 10.1 Å². The Morgan fingerprint density at radius 3 is 2.94 bits per heavy atom. The van der Waals surface area contributed by atoms with Crippen LogP contribution < -0.4 is 10.6 Å². The first kappa shape index (κ1) is 20.5. The maximum absolute atomic E-state index is 12.3. The number of amides is 1. The van der Waals surface area contributed by atoms with Gasteiger partial charge in [-0.25, -0.2) is 0 Å². The molecule has 0 aromatic heterocycles. The van der Waals surface area contributed by atoms with E-state index < -0.39 is 5.41 Å². The van der Waals surface area contributed by atoms with E-state index in [0.29, 0.717) is 23.9 Å². The summed E-state index contributed by atoms with van der Waals surface area (Å²) < 4.78 is 0.0940. The standard InChI is InChI=1S/C25H22N8O/c1-25(2)20-6-5-19(12-21(20)29-23(25)34)28-24-30-22-14-27-8-10-33(22,31-24)32-9-7-17-4-3-16(13-26)11-18(17)15-32/h3-6,8,10-12,14H,7,9,15H2,1-2H3,(H-,28,29,31,34)/p+1. The normalized spacial score (nSPS) is 23.9. The van der Waals surface area contributed by atoms with Crippen LogP contribution >= 0.6 is 0 Å². The van der Waals surface area contributed by atoms with E-state index in [1.54, 1.807) is 12.4 Å². The summed E-state index contributed by atoms with van der Waals surface area (Å²) in [6.07, 6.45) is 6.24. The highest BCUT2D eigenvalue weighted by Crippen LogP contribution is 2.39. The van der Waals surface area contributed by atoms with Gasteiger partial charge >= 0.3 is 5.84 Å². The van der Waals surface area contributed by atoms with Gasteiger partial charge < -0.3 is 10.6 Å². The molecule has 0 saturated heterocycles. The maximum Gasteiger partial charge on any atom is 0.301 e. The molecule has 2 aromatic carbocycles. The van der Waals surface area contributed by atoms with Crippen LogP contribution in [0.2, 0.25) is 0 Å². The SMILES string of the molecule is CC1(C)C(=O)Nc2cc(NC3=N[N+]4(N5CCc6ccc(C#N)cc6C5)C=CN=CC4=N3)ccc21. The lowest BCUT2D eigenvalue weighted by molar-refractivity contribution is -0.920. The second-order valence-corrected chi connectivity index (χ2v) is 9.32. The molecule has 6 rings (SSSR count). The average Bonchev–Trinajstić information content (AvgIpc) is 3.32. The molecule has 4 heterocycles. The molecule has 9 nitrogen and oxygen atoms in total. The van der Waals surface area contributed by atoms with Gasteiger partial charge in [-0.3, -0.25) is 9.79 Å². The summed E-state index contributed by atoms with van der Waals surface area (Å²) in [5.74, 6) is 1.15. The molecule has 2 N–H and O–H groups in total. The van der Waals surface area contributed by atoms with Crippen molar-refractivity contribution in [1.29, 1.82) is 5.26 Å². The number of nitriles is 1. The van der Waals surface area contributed by atoms with Crippen LogP contribution in [0.15, 0.2) is 63.9 Å². The monoisotopic (exact) mass is 451 g/mol. The Labute approximate surface area is 197 Å². The number of aliphatic imine (C=N–C) groups is 2. The number of rotatable bonds is 2. The number of hydrogen-bond donors (Lipinski definition) is 2. The van der Waals surface area contributed by atoms with Crippen molar-refractivity contribution in [1.82, 2.24) is 5.01 Å². The van der Waals surface area contributed by atoms with Gasteiger partial charge in [0, 0.05) is 11.4 Å². The molecule has 0 aliphatic carbocycles. The first-order valence-electron chi connectivity index (χ1n) is 11.2. The number of nitrogens with one attached hydrogen (secondary N) is 2. The van der Waals surface area contributed by atoms with Crippen molar-refractivity contribution in [2.24, 2.45) is 15.1 Å². The van der Waals surface area contributed by atoms with Crippen LogP contribution in [0, 0.1) is 11.3 Å². The van der Waals surface area contributed by atoms with Crippen LogP contribution in [-0.4, -0.2) is 40.2 Å². The molecule has 2 aromatic rings. The lowest BCUT2D eigenvalue weighted by Crippen LogP contribution is -2.57. The minimum Gasteiger partial charge on any atom is -0.325 e. The first-order valence-corrected chi connectivity index (χ1v) is 11.2. The number of carbonyl (C=O) groups is 1. The van der Waals surface area contributed by atoms with Crippen LogP contribution in [0.25, 0.3) is 0 Å². The first-order chi connectivity index (χ1) is 16.4. The Morgan fingerprint density at radius 1 is 1.21 bits per heavy atom. The number of hydrogen-bond acceptors (Lipinski definition) is 7. The molecular weight excluding hydrogens is 428 g/mol. The molecule has 1 amide bonds. The molecule has 0 fully saturated rings. The van der Waals surface area contributed by atoms with Crippen molar-refractivity contribution in [3.8, 4) is 6.07 Å². The highest BCUT2D eigenvalue weighted by atomic mass is 16.2. The number of quaternary nitrogens is 1. The quantitative estimate of drug-likeness (QED) is 0.684. The van der Waals surface area contributed by atoms with Crippen molar-refractivity contribution in [3.05, 3.63) is 71.1 Å². The molecule has 0 spiro atoms. The van der Waals surface area contributed by atoms with Gasteiger partial charge in [-0.05, 0) is 71.0 Å². The van der Waals surface area contributed by atoms with Crippen LogP contribution in [0.1, 0.15) is 36.1 Å². The van der Waals surface area contributed by atoms with E-state index in [1.165, 1.54) is 5.56 Å². The van der Waals surface area contributed by atoms with Crippen molar-refractivity contribution >= 4 is 35.3 Å². The van der Waals surface area contributed by atoms with E-state index in [4.69, 9.17) is 10.1 Å². The highest BCUT2D eigenvalue weighted by molar-refractivity contribution is 6.30. The third-order valence-corrected chi connectivity index (χ3v) is 6.88. The lowest BCUT2D eigenvalue weighted by atomic mass is 9.86. The Morgan fingerprint density at radius 2 is 2.09 bits per heavy atom. The van der Waals surface area contributed by atoms with Gasteiger partial charge in [0.25, 0.3) is 5.96 Å². The molecule has 9 heteroatoms. The van der Waals surface area contributed by atoms with Crippen LogP contribution in [0.4, 0.5) is 11.4 Å². The second-order valence-electron chi connectivity index (χ2n) is 9.32. The van der Waals surface area contributed by atoms with Gasteiger partial charge in [-0.15, -0.1) is 10.0 Å². The molecule has 4 aliphatic heterocycles. The summed E-state index contributed by atoms with van der Waals surface area (Å²) in [5, 5.41) is 22.7. The predicted octanol–water partition coefficient (Wildman–Crippen LogP) is 3.23. The fourth-order valence-corrected chi connectivity index (χ4v) is 4.89. The predicted molar refractivity (Wildman–Crippen MR) is 130 cm³/mol. The molecular formula is C25H23N8O+. The fourth-order valence-electron chi connectivity index (χ4n) is 4.89. The average molecular weight is 452 g/mol. The topological polar surface area (TPSA) is 105 Å². The van der Waals surface area contributed by atoms with Crippen molar-refractivity contribution in [3.63, 3.8) is 0 Å². The molecule has 1 unspecified atom stereocenters. The Bertz CT molecular complexity index is 1410. The van der Waals surface area contributed by atoms with E-state index in [0.717, 1.165) is 35.5 Å². The van der Waals surface area contributed by atoms with Crippen molar-refractivity contribution < 1.29 is 9.50 Å². The summed E-state index contributed by atoms with van der Waals surface area (Å²) in [4.78, 5) is 21.3. The fraction of sp³-hybridized carbons (Fsp3) is 0.240. The third kappa shape index (κ3) is 3.00. The summed E-state index contributed by atoms with van der Waals surface area (Å²) in [7, 11) is 0. The zero-order chi connectivity index (χ0) is 23.5. The maximum atomic E-state index is 12.3. The molecule has 4 aliphatic rings. The largest absolute Gasteiger partial charge is 0.325 e. The second kappa shape index (κ2) is 7.18. The Kier molecular flexibility index (Phi) is 4.33. The Balaban J connectivity index is 1.31. The summed E-state index contributed by atoms with van der Waals surface area (Å²) in [6, 6.07) is 13.9. The van der Waals surface area contributed by atoms with Crippen molar-refractivity contribution in [2.45, 2.75) is 32.2 Å². The van der Waals surface area contributed by atoms with E-state index in [1.807, 2.05) is 56.4 Å². The lowest BCUT2D eigenvalue weighted by Gasteiger charge is -2.37. The molecule has 168 valence electrons. The number of guanidine groups is 1. The molecule has 0 bridgehead atoms. The van der Waals surface area contributed by atoms with Gasteiger partial charge in [-0.2, -0.15) is 5.26 Å². The van der Waals surface area contributed by atoms with E-state index in [-0.39, 0.29) is 10.6 Å². The number of anilines is 2. The van der Waals surface area contributed by atoms with E-state index in [2.05, 4.69) is 26.7 Å². The number of nitrogens with zero attached hydrogens (tertiary/aromatic N) is 6. The van der Waals surface area contributed by atoms with Gasteiger partial charge in [0.15, 0.2) is 6.20 Å². The molecule has 0 radical (unpaired) electrons. The van der Waals surface area contributed by atoms with Crippen LogP contribution in [0.3, 0.4) is 0 Å². The zero-order valence-corrected chi connectivity index (χ0v) is 18.9. The molecule has 1 atom stereocenters. The number of benzene rings is 2. The smallest absolute Gasteiger partial charge is 0.301 e. The Hall–Kier alpha value is -4.13. The van der Waals surface area contributed by atoms with Gasteiger partial charge in [0.1, 0.15) is 6.21 Å².